The number of hydrogen-bond acceptors (Lipinski definition) is 6. The average molecular weight is 419 g/mol. The Labute approximate surface area is 166 Å². The molecular weight excluding hydrogens is 404 g/mol. The lowest BCUT2D eigenvalue weighted by atomic mass is 10.1. The monoisotopic (exact) mass is 418 g/mol. The van der Waals surface area contributed by atoms with Crippen molar-refractivity contribution >= 4 is 56.0 Å². The first-order valence-electron chi connectivity index (χ1n) is 8.05. The highest BCUT2D eigenvalue weighted by Crippen LogP contribution is 2.37. The number of ether oxygens (including phenoxy) is 1. The van der Waals surface area contributed by atoms with Crippen molar-refractivity contribution < 1.29 is 17.9 Å². The molecule has 0 bridgehead atoms. The van der Waals surface area contributed by atoms with E-state index in [2.05, 4.69) is 5.32 Å². The number of hydrogen-bond donors (Lipinski definition) is 1. The maximum Gasteiger partial charge on any atom is 0.264 e. The fraction of sp³-hybridized carbons (Fsp3) is 0.111. The summed E-state index contributed by atoms with van der Waals surface area (Å²) in [5.74, 6) is 0.231. The Morgan fingerprint density at radius 2 is 1.96 bits per heavy atom. The predicted molar refractivity (Wildman–Crippen MR) is 109 cm³/mol. The quantitative estimate of drug-likeness (QED) is 0.610. The van der Waals surface area contributed by atoms with Crippen LogP contribution >= 0.6 is 24.0 Å². The Balaban J connectivity index is 1.75. The van der Waals surface area contributed by atoms with Gasteiger partial charge < -0.3 is 10.1 Å². The first-order valence-corrected chi connectivity index (χ1v) is 10.7. The Morgan fingerprint density at radius 3 is 2.67 bits per heavy atom. The summed E-state index contributed by atoms with van der Waals surface area (Å²) >= 11 is 6.17. The van der Waals surface area contributed by atoms with E-state index in [0.717, 1.165) is 0 Å². The topological polar surface area (TPSA) is 75.7 Å². The fourth-order valence-corrected chi connectivity index (χ4v) is 5.36. The first-order chi connectivity index (χ1) is 12.9. The zero-order chi connectivity index (χ0) is 19.0. The summed E-state index contributed by atoms with van der Waals surface area (Å²) in [6.07, 6.45) is 1.68. The maximum absolute atomic E-state index is 13.1. The van der Waals surface area contributed by atoms with Gasteiger partial charge in [-0.1, -0.05) is 48.2 Å². The number of amides is 1. The molecule has 0 unspecified atom stereocenters. The zero-order valence-corrected chi connectivity index (χ0v) is 16.4. The number of thiocarbonyl (C=S) groups is 1. The van der Waals surface area contributed by atoms with Gasteiger partial charge in [0.2, 0.25) is 0 Å². The molecule has 2 aromatic rings. The van der Waals surface area contributed by atoms with E-state index < -0.39 is 10.0 Å². The molecule has 9 heteroatoms. The van der Waals surface area contributed by atoms with Gasteiger partial charge in [-0.15, -0.1) is 0 Å². The molecule has 1 saturated heterocycles. The molecule has 0 aromatic heterocycles. The summed E-state index contributed by atoms with van der Waals surface area (Å²) in [6, 6.07) is 13.5. The lowest BCUT2D eigenvalue weighted by Gasteiger charge is -2.30. The van der Waals surface area contributed by atoms with E-state index in [1.54, 1.807) is 54.6 Å². The highest BCUT2D eigenvalue weighted by molar-refractivity contribution is 8.26. The average Bonchev–Trinajstić information content (AvgIpc) is 2.98. The second-order valence-electron chi connectivity index (χ2n) is 5.82. The molecule has 0 atom stereocenters. The van der Waals surface area contributed by atoms with Crippen molar-refractivity contribution in [3.05, 3.63) is 59.0 Å². The van der Waals surface area contributed by atoms with E-state index in [1.165, 1.54) is 16.1 Å². The minimum Gasteiger partial charge on any atom is -0.489 e. The lowest BCUT2D eigenvalue weighted by Crippen LogP contribution is -2.37. The summed E-state index contributed by atoms with van der Waals surface area (Å²) in [7, 11) is -3.71. The molecular formula is C18H14N2O4S3. The molecule has 1 amide bonds. The van der Waals surface area contributed by atoms with Crippen molar-refractivity contribution in [1.29, 1.82) is 0 Å². The maximum atomic E-state index is 13.1. The van der Waals surface area contributed by atoms with Gasteiger partial charge in [0.25, 0.3) is 15.9 Å². The Bertz CT molecular complexity index is 1070. The highest BCUT2D eigenvalue weighted by atomic mass is 32.2. The number of carbonyl (C=O) groups excluding carboxylic acids is 1. The minimum atomic E-state index is -3.71. The smallest absolute Gasteiger partial charge is 0.264 e. The molecule has 2 heterocycles. The van der Waals surface area contributed by atoms with Gasteiger partial charge in [0, 0.05) is 0 Å². The lowest BCUT2D eigenvalue weighted by molar-refractivity contribution is -0.115. The molecule has 1 N–H and O–H groups in total. The van der Waals surface area contributed by atoms with Gasteiger partial charge in [-0.05, 0) is 35.9 Å². The first kappa shape index (κ1) is 18.0. The van der Waals surface area contributed by atoms with Crippen LogP contribution in [0.15, 0.2) is 58.3 Å². The van der Waals surface area contributed by atoms with Crippen LogP contribution in [0.5, 0.6) is 5.75 Å². The van der Waals surface area contributed by atoms with E-state index in [4.69, 9.17) is 17.0 Å². The largest absolute Gasteiger partial charge is 0.489 e. The Kier molecular flexibility index (Phi) is 4.67. The molecule has 2 aromatic carbocycles. The van der Waals surface area contributed by atoms with Crippen LogP contribution in [-0.2, 0) is 14.8 Å². The molecule has 0 aliphatic carbocycles. The molecule has 2 aliphatic rings. The van der Waals surface area contributed by atoms with E-state index in [9.17, 15) is 13.2 Å². The summed E-state index contributed by atoms with van der Waals surface area (Å²) in [6.45, 7) is 0.482. The standard InChI is InChI=1S/C18H14N2O4S3/c21-17-16(26-18(25)19-17)11-12-6-7-15-14(10-12)20(8-9-24-15)27(22,23)13-4-2-1-3-5-13/h1-7,10-11H,8-9H2,(H,19,21,25). The molecule has 138 valence electrons. The molecule has 0 saturated carbocycles. The van der Waals surface area contributed by atoms with E-state index >= 15 is 0 Å². The summed E-state index contributed by atoms with van der Waals surface area (Å²) in [5, 5.41) is 2.56. The van der Waals surface area contributed by atoms with Crippen LogP contribution in [0.2, 0.25) is 0 Å². The molecule has 0 radical (unpaired) electrons. The van der Waals surface area contributed by atoms with Gasteiger partial charge in [0.1, 0.15) is 16.7 Å². The van der Waals surface area contributed by atoms with Gasteiger partial charge in [-0.2, -0.15) is 0 Å². The van der Waals surface area contributed by atoms with Gasteiger partial charge in [0.05, 0.1) is 22.0 Å². The Hall–Kier alpha value is -2.36. The van der Waals surface area contributed by atoms with Crippen LogP contribution in [0.3, 0.4) is 0 Å². The second kappa shape index (κ2) is 6.99. The number of nitrogens with one attached hydrogen (secondary N) is 1. The fourth-order valence-electron chi connectivity index (χ4n) is 2.84. The number of anilines is 1. The predicted octanol–water partition coefficient (Wildman–Crippen LogP) is 2.76. The number of sulfonamides is 1. The third kappa shape index (κ3) is 3.45. The number of nitrogens with zero attached hydrogens (tertiary/aromatic N) is 1. The number of fused-ring (bicyclic) bond motifs is 1. The Morgan fingerprint density at radius 1 is 1.19 bits per heavy atom. The minimum absolute atomic E-state index is 0.212. The summed E-state index contributed by atoms with van der Waals surface area (Å²) in [4.78, 5) is 12.6. The van der Waals surface area contributed by atoms with E-state index in [-0.39, 0.29) is 24.0 Å². The van der Waals surface area contributed by atoms with E-state index in [0.29, 0.717) is 26.2 Å². The molecule has 2 aliphatic heterocycles. The van der Waals surface area contributed by atoms with Crippen LogP contribution in [0.1, 0.15) is 5.56 Å². The number of rotatable bonds is 3. The number of benzene rings is 2. The van der Waals surface area contributed by atoms with Crippen molar-refractivity contribution in [2.45, 2.75) is 4.90 Å². The van der Waals surface area contributed by atoms with Crippen molar-refractivity contribution in [3.63, 3.8) is 0 Å². The van der Waals surface area contributed by atoms with Crippen molar-refractivity contribution in [2.24, 2.45) is 0 Å². The molecule has 27 heavy (non-hydrogen) atoms. The SMILES string of the molecule is O=C1NC(=S)SC1=Cc1ccc2c(c1)N(S(=O)(=O)c1ccccc1)CCO2. The van der Waals surface area contributed by atoms with Crippen molar-refractivity contribution in [1.82, 2.24) is 5.32 Å². The highest BCUT2D eigenvalue weighted by Gasteiger charge is 2.30. The van der Waals surface area contributed by atoms with Gasteiger partial charge in [-0.25, -0.2) is 8.42 Å². The summed E-state index contributed by atoms with van der Waals surface area (Å²) < 4.78 is 33.5. The van der Waals surface area contributed by atoms with Crippen molar-refractivity contribution in [2.75, 3.05) is 17.5 Å². The third-order valence-corrected chi connectivity index (χ3v) is 7.06. The van der Waals surface area contributed by atoms with Crippen LogP contribution in [0.4, 0.5) is 5.69 Å². The van der Waals surface area contributed by atoms with Gasteiger partial charge in [0.15, 0.2) is 0 Å². The molecule has 6 nitrogen and oxygen atoms in total. The molecule has 1 fully saturated rings. The second-order valence-corrected chi connectivity index (χ2v) is 9.40. The van der Waals surface area contributed by atoms with Gasteiger partial charge >= 0.3 is 0 Å². The van der Waals surface area contributed by atoms with E-state index in [1.807, 2.05) is 0 Å². The van der Waals surface area contributed by atoms with Crippen LogP contribution in [0.25, 0.3) is 6.08 Å². The number of thioether (sulfide) groups is 1. The van der Waals surface area contributed by atoms with Gasteiger partial charge in [-0.3, -0.25) is 9.10 Å². The van der Waals surface area contributed by atoms with Crippen LogP contribution in [-0.4, -0.2) is 31.8 Å². The van der Waals surface area contributed by atoms with Crippen molar-refractivity contribution in [3.8, 4) is 5.75 Å². The normalized spacial score (nSPS) is 18.2. The number of carbonyl (C=O) groups is 1. The molecule has 4 rings (SSSR count). The van der Waals surface area contributed by atoms with Crippen LogP contribution < -0.4 is 14.4 Å². The molecule has 0 spiro atoms. The summed E-state index contributed by atoms with van der Waals surface area (Å²) in [5.41, 5.74) is 1.14. The third-order valence-electron chi connectivity index (χ3n) is 4.07. The zero-order valence-electron chi connectivity index (χ0n) is 13.9. The van der Waals surface area contributed by atoms with Crippen LogP contribution in [0, 0.1) is 0 Å².